The van der Waals surface area contributed by atoms with E-state index >= 15 is 0 Å². The number of carboxylic acids is 1. The number of rotatable bonds is 6. The van der Waals surface area contributed by atoms with Gasteiger partial charge in [-0.25, -0.2) is 0 Å². The minimum atomic E-state index is -0.832. The molecule has 0 aliphatic rings. The molecule has 1 rings (SSSR count). The highest BCUT2D eigenvalue weighted by Crippen LogP contribution is 2.07. The summed E-state index contributed by atoms with van der Waals surface area (Å²) in [6.07, 6.45) is 0. The van der Waals surface area contributed by atoms with Gasteiger partial charge in [0.05, 0.1) is 18.5 Å². The summed E-state index contributed by atoms with van der Waals surface area (Å²) in [6, 6.07) is 11.8. The van der Waals surface area contributed by atoms with Crippen molar-refractivity contribution in [2.24, 2.45) is 5.92 Å². The van der Waals surface area contributed by atoms with Crippen LogP contribution in [0.2, 0.25) is 0 Å². The first-order valence-electron chi connectivity index (χ1n) is 5.49. The van der Waals surface area contributed by atoms with E-state index in [0.29, 0.717) is 13.1 Å². The predicted octanol–water partition coefficient (Wildman–Crippen LogP) is 1.73. The largest absolute Gasteiger partial charge is 0.481 e. The molecule has 0 fully saturated rings. The molecule has 0 aliphatic carbocycles. The van der Waals surface area contributed by atoms with Crippen LogP contribution < -0.4 is 0 Å². The second-order valence-electron chi connectivity index (χ2n) is 4.05. The molecule has 0 radical (unpaired) electrons. The molecular weight excluding hydrogens is 216 g/mol. The summed E-state index contributed by atoms with van der Waals surface area (Å²) in [5.74, 6) is -1.30. The standard InChI is InChI=1S/C13H16N2O2/c1-11(13(16)17)9-15(8-7-14)10-12-5-3-2-4-6-12/h2-6,11H,8-10H2,1H3,(H,16,17). The summed E-state index contributed by atoms with van der Waals surface area (Å²) in [7, 11) is 0. The third-order valence-electron chi connectivity index (χ3n) is 2.50. The van der Waals surface area contributed by atoms with Gasteiger partial charge in [-0.2, -0.15) is 5.26 Å². The highest BCUT2D eigenvalue weighted by molar-refractivity contribution is 5.69. The Labute approximate surface area is 101 Å². The molecule has 0 saturated carbocycles. The Morgan fingerprint density at radius 1 is 1.47 bits per heavy atom. The van der Waals surface area contributed by atoms with Crippen LogP contribution in [0.4, 0.5) is 0 Å². The maximum Gasteiger partial charge on any atom is 0.307 e. The molecular formula is C13H16N2O2. The fourth-order valence-corrected chi connectivity index (χ4v) is 1.59. The van der Waals surface area contributed by atoms with E-state index in [1.54, 1.807) is 6.92 Å². The number of nitrogens with zero attached hydrogens (tertiary/aromatic N) is 2. The van der Waals surface area contributed by atoms with E-state index in [4.69, 9.17) is 10.4 Å². The van der Waals surface area contributed by atoms with Gasteiger partial charge in [-0.15, -0.1) is 0 Å². The first-order valence-corrected chi connectivity index (χ1v) is 5.49. The molecule has 0 aromatic heterocycles. The van der Waals surface area contributed by atoms with Crippen molar-refractivity contribution < 1.29 is 9.90 Å². The van der Waals surface area contributed by atoms with Gasteiger partial charge in [0.1, 0.15) is 0 Å². The van der Waals surface area contributed by atoms with Gasteiger partial charge in [0.2, 0.25) is 0 Å². The molecule has 4 nitrogen and oxygen atoms in total. The average Bonchev–Trinajstić information content (AvgIpc) is 2.30. The van der Waals surface area contributed by atoms with Crippen molar-refractivity contribution >= 4 is 5.97 Å². The Hall–Kier alpha value is -1.86. The molecule has 1 N–H and O–H groups in total. The molecule has 90 valence electrons. The van der Waals surface area contributed by atoms with Crippen molar-refractivity contribution in [2.45, 2.75) is 13.5 Å². The number of aliphatic carboxylic acids is 1. The molecule has 0 heterocycles. The zero-order valence-corrected chi connectivity index (χ0v) is 9.84. The lowest BCUT2D eigenvalue weighted by molar-refractivity contribution is -0.141. The summed E-state index contributed by atoms with van der Waals surface area (Å²) in [5.41, 5.74) is 1.08. The van der Waals surface area contributed by atoms with Crippen LogP contribution in [0.5, 0.6) is 0 Å². The van der Waals surface area contributed by atoms with Crippen molar-refractivity contribution in [2.75, 3.05) is 13.1 Å². The number of carbonyl (C=O) groups is 1. The van der Waals surface area contributed by atoms with E-state index in [1.807, 2.05) is 35.2 Å². The maximum absolute atomic E-state index is 10.8. The summed E-state index contributed by atoms with van der Waals surface area (Å²) < 4.78 is 0. The van der Waals surface area contributed by atoms with E-state index in [9.17, 15) is 4.79 Å². The minimum Gasteiger partial charge on any atom is -0.481 e. The van der Waals surface area contributed by atoms with E-state index in [1.165, 1.54) is 0 Å². The van der Waals surface area contributed by atoms with Crippen LogP contribution in [-0.4, -0.2) is 29.1 Å². The first-order chi connectivity index (χ1) is 8.13. The minimum absolute atomic E-state index is 0.243. The third-order valence-corrected chi connectivity index (χ3v) is 2.50. The quantitative estimate of drug-likeness (QED) is 0.759. The van der Waals surface area contributed by atoms with Crippen LogP contribution in [0.25, 0.3) is 0 Å². The van der Waals surface area contributed by atoms with Crippen molar-refractivity contribution in [3.63, 3.8) is 0 Å². The normalized spacial score (nSPS) is 12.1. The summed E-state index contributed by atoms with van der Waals surface area (Å²) in [5, 5.41) is 17.6. The zero-order valence-electron chi connectivity index (χ0n) is 9.84. The van der Waals surface area contributed by atoms with Gasteiger partial charge in [-0.3, -0.25) is 9.69 Å². The molecule has 17 heavy (non-hydrogen) atoms. The van der Waals surface area contributed by atoms with E-state index < -0.39 is 11.9 Å². The van der Waals surface area contributed by atoms with Gasteiger partial charge in [0.25, 0.3) is 0 Å². The summed E-state index contributed by atoms with van der Waals surface area (Å²) in [6.45, 7) is 2.88. The first kappa shape index (κ1) is 13.2. The Balaban J connectivity index is 2.61. The summed E-state index contributed by atoms with van der Waals surface area (Å²) in [4.78, 5) is 12.6. The fourth-order valence-electron chi connectivity index (χ4n) is 1.59. The highest BCUT2D eigenvalue weighted by Gasteiger charge is 2.15. The Morgan fingerprint density at radius 3 is 2.65 bits per heavy atom. The number of hydrogen-bond acceptors (Lipinski definition) is 3. The average molecular weight is 232 g/mol. The Morgan fingerprint density at radius 2 is 2.12 bits per heavy atom. The second-order valence-corrected chi connectivity index (χ2v) is 4.05. The Bertz CT molecular complexity index is 398. The van der Waals surface area contributed by atoms with Crippen molar-refractivity contribution in [3.8, 4) is 6.07 Å². The van der Waals surface area contributed by atoms with Gasteiger partial charge in [0, 0.05) is 13.1 Å². The van der Waals surface area contributed by atoms with Crippen molar-refractivity contribution in [1.29, 1.82) is 5.26 Å². The monoisotopic (exact) mass is 232 g/mol. The van der Waals surface area contributed by atoms with Gasteiger partial charge in [-0.05, 0) is 5.56 Å². The molecule has 0 spiro atoms. The molecule has 0 saturated heterocycles. The fraction of sp³-hybridized carbons (Fsp3) is 0.385. The van der Waals surface area contributed by atoms with Crippen LogP contribution in [0.3, 0.4) is 0 Å². The molecule has 1 aromatic carbocycles. The molecule has 0 bridgehead atoms. The lowest BCUT2D eigenvalue weighted by Crippen LogP contribution is -2.31. The highest BCUT2D eigenvalue weighted by atomic mass is 16.4. The lowest BCUT2D eigenvalue weighted by Gasteiger charge is -2.21. The maximum atomic E-state index is 10.8. The number of carboxylic acid groups (broad SMARTS) is 1. The smallest absolute Gasteiger partial charge is 0.307 e. The lowest BCUT2D eigenvalue weighted by atomic mass is 10.1. The van der Waals surface area contributed by atoms with Gasteiger partial charge in [-0.1, -0.05) is 37.3 Å². The van der Waals surface area contributed by atoms with Gasteiger partial charge in [0.15, 0.2) is 0 Å². The van der Waals surface area contributed by atoms with Crippen molar-refractivity contribution in [1.82, 2.24) is 4.90 Å². The van der Waals surface area contributed by atoms with E-state index in [-0.39, 0.29) is 6.54 Å². The second kappa shape index (κ2) is 6.66. The topological polar surface area (TPSA) is 64.3 Å². The summed E-state index contributed by atoms with van der Waals surface area (Å²) >= 11 is 0. The van der Waals surface area contributed by atoms with Crippen LogP contribution >= 0.6 is 0 Å². The van der Waals surface area contributed by atoms with Crippen molar-refractivity contribution in [3.05, 3.63) is 35.9 Å². The molecule has 4 heteroatoms. The van der Waals surface area contributed by atoms with Gasteiger partial charge < -0.3 is 5.11 Å². The molecule has 1 unspecified atom stereocenters. The van der Waals surface area contributed by atoms with Crippen LogP contribution in [-0.2, 0) is 11.3 Å². The number of benzene rings is 1. The third kappa shape index (κ3) is 4.66. The van der Waals surface area contributed by atoms with Crippen LogP contribution in [0, 0.1) is 17.2 Å². The molecule has 0 amide bonds. The molecule has 1 atom stereocenters. The molecule has 0 aliphatic heterocycles. The van der Waals surface area contributed by atoms with Gasteiger partial charge >= 0.3 is 5.97 Å². The van der Waals surface area contributed by atoms with Crippen LogP contribution in [0.15, 0.2) is 30.3 Å². The van der Waals surface area contributed by atoms with Crippen LogP contribution in [0.1, 0.15) is 12.5 Å². The molecule has 1 aromatic rings. The van der Waals surface area contributed by atoms with E-state index in [2.05, 4.69) is 6.07 Å². The number of hydrogen-bond donors (Lipinski definition) is 1. The van der Waals surface area contributed by atoms with E-state index in [0.717, 1.165) is 5.56 Å². The Kier molecular flexibility index (Phi) is 5.18. The predicted molar refractivity (Wildman–Crippen MR) is 64.1 cm³/mol. The SMILES string of the molecule is CC(CN(CC#N)Cc1ccccc1)C(=O)O. The number of nitriles is 1. The zero-order chi connectivity index (χ0) is 12.7.